The van der Waals surface area contributed by atoms with Crippen LogP contribution in [0, 0.1) is 0 Å². The van der Waals surface area contributed by atoms with E-state index in [0.29, 0.717) is 18.1 Å². The van der Waals surface area contributed by atoms with E-state index in [2.05, 4.69) is 25.6 Å². The first-order valence-electron chi connectivity index (χ1n) is 8.21. The number of hydrogen-bond donors (Lipinski definition) is 2. The first kappa shape index (κ1) is 21.0. The molecular weight excluding hydrogens is 393 g/mol. The molecule has 0 bridgehead atoms. The van der Waals surface area contributed by atoms with Gasteiger partial charge in [-0.05, 0) is 50.1 Å². The highest BCUT2D eigenvalue weighted by Gasteiger charge is 2.15. The third kappa shape index (κ3) is 8.27. The molecule has 0 saturated heterocycles. The lowest BCUT2D eigenvalue weighted by Crippen LogP contribution is -2.35. The molecule has 8 nitrogen and oxygen atoms in total. The Kier molecular flexibility index (Phi) is 7.44. The summed E-state index contributed by atoms with van der Waals surface area (Å²) in [6.45, 7) is 6.34. The van der Waals surface area contributed by atoms with Gasteiger partial charge >= 0.3 is 12.1 Å². The predicted octanol–water partition coefficient (Wildman–Crippen LogP) is 3.69. The molecule has 0 aliphatic carbocycles. The van der Waals surface area contributed by atoms with E-state index in [9.17, 15) is 4.79 Å². The van der Waals surface area contributed by atoms with Crippen LogP contribution >= 0.6 is 23.2 Å². The maximum Gasteiger partial charge on any atom is 0.407 e. The van der Waals surface area contributed by atoms with E-state index < -0.39 is 11.7 Å². The zero-order valence-corrected chi connectivity index (χ0v) is 16.8. The lowest BCUT2D eigenvalue weighted by atomic mass is 10.2. The molecule has 1 aromatic heterocycles. The summed E-state index contributed by atoms with van der Waals surface area (Å²) in [6.07, 6.45) is -0.495. The van der Waals surface area contributed by atoms with E-state index >= 15 is 0 Å². The van der Waals surface area contributed by atoms with Crippen LogP contribution in [0.1, 0.15) is 26.3 Å². The van der Waals surface area contributed by atoms with Gasteiger partial charge in [0.15, 0.2) is 0 Å². The minimum Gasteiger partial charge on any atom is -0.458 e. The molecule has 0 aliphatic rings. The molecule has 1 aromatic carbocycles. The van der Waals surface area contributed by atoms with Crippen molar-refractivity contribution in [2.75, 3.05) is 18.4 Å². The normalized spacial score (nSPS) is 11.0. The van der Waals surface area contributed by atoms with Gasteiger partial charge in [0, 0.05) is 18.1 Å². The van der Waals surface area contributed by atoms with Gasteiger partial charge < -0.3 is 20.1 Å². The monoisotopic (exact) mass is 413 g/mol. The fraction of sp³-hybridized carbons (Fsp3) is 0.412. The topological polar surface area (TPSA) is 98.3 Å². The summed E-state index contributed by atoms with van der Waals surface area (Å²) in [6, 6.07) is 7.31. The van der Waals surface area contributed by atoms with Gasteiger partial charge in [-0.15, -0.1) is 0 Å². The third-order valence-corrected chi connectivity index (χ3v) is 3.37. The summed E-state index contributed by atoms with van der Waals surface area (Å²) in [5, 5.41) is 6.20. The van der Waals surface area contributed by atoms with Gasteiger partial charge in [-0.2, -0.15) is 15.0 Å². The van der Waals surface area contributed by atoms with Crippen molar-refractivity contribution in [3.05, 3.63) is 40.1 Å². The molecule has 146 valence electrons. The van der Waals surface area contributed by atoms with E-state index in [1.165, 1.54) is 0 Å². The van der Waals surface area contributed by atoms with E-state index in [4.69, 9.17) is 32.7 Å². The second kappa shape index (κ2) is 9.57. The van der Waals surface area contributed by atoms with Crippen molar-refractivity contribution in [1.29, 1.82) is 0 Å². The number of carbonyl (C=O) groups is 1. The minimum atomic E-state index is -0.546. The van der Waals surface area contributed by atoms with E-state index in [1.807, 2.05) is 12.1 Å². The van der Waals surface area contributed by atoms with Gasteiger partial charge in [0.2, 0.25) is 11.2 Å². The third-order valence-electron chi connectivity index (χ3n) is 2.95. The van der Waals surface area contributed by atoms with Crippen molar-refractivity contribution in [3.8, 4) is 6.01 Å². The number of ether oxygens (including phenoxy) is 2. The number of hydrogen-bond acceptors (Lipinski definition) is 7. The summed E-state index contributed by atoms with van der Waals surface area (Å²) in [7, 11) is 0. The van der Waals surface area contributed by atoms with Crippen molar-refractivity contribution in [1.82, 2.24) is 20.3 Å². The number of benzene rings is 1. The lowest BCUT2D eigenvalue weighted by Gasteiger charge is -2.19. The van der Waals surface area contributed by atoms with Crippen LogP contribution in [0.4, 0.5) is 10.7 Å². The standard InChI is InChI=1S/C17H21Cl2N5O3/c1-17(2,3)27-16(25)21-9-8-20-14-22-13(19)23-15(24-14)26-10-11-4-6-12(18)7-5-11/h4-7H,8-10H2,1-3H3,(H,21,25)(H,20,22,23,24). The summed E-state index contributed by atoms with van der Waals surface area (Å²) in [5.41, 5.74) is 0.363. The number of halogens is 2. The Balaban J connectivity index is 1.82. The number of rotatable bonds is 7. The summed E-state index contributed by atoms with van der Waals surface area (Å²) in [4.78, 5) is 23.6. The molecule has 1 heterocycles. The number of carbonyl (C=O) groups excluding carboxylic acids is 1. The number of aromatic nitrogens is 3. The van der Waals surface area contributed by atoms with Crippen LogP contribution in [-0.2, 0) is 11.3 Å². The molecule has 0 unspecified atom stereocenters. The number of anilines is 1. The Labute approximate surface area is 167 Å². The zero-order chi connectivity index (χ0) is 19.9. The van der Waals surface area contributed by atoms with Crippen LogP contribution in [0.25, 0.3) is 0 Å². The molecular formula is C17H21Cl2N5O3. The van der Waals surface area contributed by atoms with Gasteiger partial charge in [-0.3, -0.25) is 0 Å². The average molecular weight is 414 g/mol. The van der Waals surface area contributed by atoms with E-state index in [1.54, 1.807) is 32.9 Å². The molecule has 0 aliphatic heterocycles. The molecule has 27 heavy (non-hydrogen) atoms. The van der Waals surface area contributed by atoms with Crippen LogP contribution < -0.4 is 15.4 Å². The predicted molar refractivity (Wildman–Crippen MR) is 103 cm³/mol. The zero-order valence-electron chi connectivity index (χ0n) is 15.3. The van der Waals surface area contributed by atoms with Crippen LogP contribution in [-0.4, -0.2) is 39.7 Å². The number of alkyl carbamates (subject to hydrolysis) is 1. The molecule has 1 amide bonds. The van der Waals surface area contributed by atoms with E-state index in [-0.39, 0.29) is 23.8 Å². The molecule has 0 atom stereocenters. The molecule has 0 saturated carbocycles. The average Bonchev–Trinajstić information content (AvgIpc) is 2.56. The fourth-order valence-electron chi connectivity index (χ4n) is 1.86. The highest BCUT2D eigenvalue weighted by molar-refractivity contribution is 6.30. The van der Waals surface area contributed by atoms with Crippen molar-refractivity contribution in [2.45, 2.75) is 33.0 Å². The van der Waals surface area contributed by atoms with Crippen molar-refractivity contribution in [3.63, 3.8) is 0 Å². The van der Waals surface area contributed by atoms with Crippen molar-refractivity contribution in [2.24, 2.45) is 0 Å². The number of amides is 1. The second-order valence-corrected chi connectivity index (χ2v) is 7.26. The van der Waals surface area contributed by atoms with Crippen LogP contribution in [0.2, 0.25) is 10.3 Å². The molecule has 0 spiro atoms. The fourth-order valence-corrected chi connectivity index (χ4v) is 2.14. The maximum atomic E-state index is 11.6. The van der Waals surface area contributed by atoms with Crippen molar-refractivity contribution >= 4 is 35.2 Å². The second-order valence-electron chi connectivity index (χ2n) is 6.48. The van der Waals surface area contributed by atoms with Gasteiger partial charge in [-0.25, -0.2) is 4.79 Å². The molecule has 10 heteroatoms. The number of nitrogens with one attached hydrogen (secondary N) is 2. The van der Waals surface area contributed by atoms with Gasteiger partial charge in [0.05, 0.1) is 0 Å². The Morgan fingerprint density at radius 2 is 1.78 bits per heavy atom. The van der Waals surface area contributed by atoms with E-state index in [0.717, 1.165) is 5.56 Å². The Bertz CT molecular complexity index is 766. The lowest BCUT2D eigenvalue weighted by molar-refractivity contribution is 0.0530. The molecule has 2 rings (SSSR count). The first-order chi connectivity index (χ1) is 12.7. The van der Waals surface area contributed by atoms with Crippen molar-refractivity contribution < 1.29 is 14.3 Å². The Morgan fingerprint density at radius 1 is 1.07 bits per heavy atom. The molecule has 0 fully saturated rings. The summed E-state index contributed by atoms with van der Waals surface area (Å²) >= 11 is 11.7. The van der Waals surface area contributed by atoms with Crippen LogP contribution in [0.5, 0.6) is 6.01 Å². The minimum absolute atomic E-state index is 0.00120. The maximum absolute atomic E-state index is 11.6. The number of nitrogens with zero attached hydrogens (tertiary/aromatic N) is 3. The largest absolute Gasteiger partial charge is 0.458 e. The Hall–Kier alpha value is -2.32. The molecule has 0 radical (unpaired) electrons. The quantitative estimate of drug-likeness (QED) is 0.667. The van der Waals surface area contributed by atoms with Crippen LogP contribution in [0.15, 0.2) is 24.3 Å². The SMILES string of the molecule is CC(C)(C)OC(=O)NCCNc1nc(Cl)nc(OCc2ccc(Cl)cc2)n1. The first-order valence-corrected chi connectivity index (χ1v) is 8.96. The summed E-state index contributed by atoms with van der Waals surface area (Å²) < 4.78 is 10.7. The molecule has 2 N–H and O–H groups in total. The summed E-state index contributed by atoms with van der Waals surface area (Å²) in [5.74, 6) is 0.243. The Morgan fingerprint density at radius 3 is 2.44 bits per heavy atom. The smallest absolute Gasteiger partial charge is 0.407 e. The highest BCUT2D eigenvalue weighted by atomic mass is 35.5. The van der Waals surface area contributed by atoms with Gasteiger partial charge in [0.1, 0.15) is 12.2 Å². The highest BCUT2D eigenvalue weighted by Crippen LogP contribution is 2.14. The van der Waals surface area contributed by atoms with Gasteiger partial charge in [-0.1, -0.05) is 23.7 Å². The molecule has 2 aromatic rings. The van der Waals surface area contributed by atoms with Gasteiger partial charge in [0.25, 0.3) is 0 Å². The van der Waals surface area contributed by atoms with Crippen LogP contribution in [0.3, 0.4) is 0 Å².